The van der Waals surface area contributed by atoms with Crippen LogP contribution in [0, 0.1) is 11.8 Å². The van der Waals surface area contributed by atoms with Crippen molar-refractivity contribution >= 4 is 11.8 Å². The summed E-state index contributed by atoms with van der Waals surface area (Å²) in [4.78, 5) is 26.4. The molecule has 26 heavy (non-hydrogen) atoms. The zero-order valence-corrected chi connectivity index (χ0v) is 15.9. The van der Waals surface area contributed by atoms with Gasteiger partial charge >= 0.3 is 0 Å². The van der Waals surface area contributed by atoms with E-state index in [-0.39, 0.29) is 11.8 Å². The average Bonchev–Trinajstić information content (AvgIpc) is 3.44. The van der Waals surface area contributed by atoms with Crippen LogP contribution in [0.15, 0.2) is 24.3 Å². The zero-order chi connectivity index (χ0) is 18.5. The molecule has 5 heteroatoms. The Kier molecular flexibility index (Phi) is 6.17. The van der Waals surface area contributed by atoms with Crippen LogP contribution in [-0.2, 0) is 4.79 Å². The summed E-state index contributed by atoms with van der Waals surface area (Å²) in [6.07, 6.45) is 4.88. The van der Waals surface area contributed by atoms with Crippen LogP contribution >= 0.6 is 0 Å². The Hall–Kier alpha value is -2.04. The van der Waals surface area contributed by atoms with Gasteiger partial charge < -0.3 is 15.0 Å². The normalized spacial score (nSPS) is 20.1. The number of nitrogens with zero attached hydrogens (tertiary/aromatic N) is 1. The minimum Gasteiger partial charge on any atom is -0.493 e. The fraction of sp³-hybridized carbons (Fsp3) is 0.619. The predicted octanol–water partition coefficient (Wildman–Crippen LogP) is 3.24. The molecule has 5 nitrogen and oxygen atoms in total. The first-order valence-electron chi connectivity index (χ1n) is 9.82. The van der Waals surface area contributed by atoms with Crippen molar-refractivity contribution in [1.82, 2.24) is 10.2 Å². The Bertz CT molecular complexity index is 640. The highest BCUT2D eigenvalue weighted by atomic mass is 16.5. The fourth-order valence-corrected chi connectivity index (χ4v) is 3.34. The number of benzene rings is 1. The molecule has 2 fully saturated rings. The molecule has 0 spiro atoms. The summed E-state index contributed by atoms with van der Waals surface area (Å²) >= 11 is 0. The second kappa shape index (κ2) is 8.56. The third kappa shape index (κ3) is 5.48. The molecule has 3 rings (SSSR count). The van der Waals surface area contributed by atoms with Crippen molar-refractivity contribution in [2.45, 2.75) is 52.0 Å². The van der Waals surface area contributed by atoms with Gasteiger partial charge in [0, 0.05) is 37.0 Å². The molecule has 1 saturated heterocycles. The van der Waals surface area contributed by atoms with E-state index in [1.807, 2.05) is 29.2 Å². The highest BCUT2D eigenvalue weighted by Crippen LogP contribution is 2.22. The molecule has 0 radical (unpaired) electrons. The maximum atomic E-state index is 12.3. The van der Waals surface area contributed by atoms with E-state index in [2.05, 4.69) is 19.2 Å². The van der Waals surface area contributed by atoms with Gasteiger partial charge in [-0.3, -0.25) is 9.59 Å². The first kappa shape index (κ1) is 18.7. The molecule has 1 atom stereocenters. The number of hydrogen-bond acceptors (Lipinski definition) is 3. The molecule has 142 valence electrons. The zero-order valence-electron chi connectivity index (χ0n) is 15.9. The number of piperidine rings is 1. The first-order chi connectivity index (χ1) is 12.5. The molecule has 1 saturated carbocycles. The van der Waals surface area contributed by atoms with Gasteiger partial charge in [-0.15, -0.1) is 0 Å². The maximum Gasteiger partial charge on any atom is 0.251 e. The number of hydrogen-bond donors (Lipinski definition) is 1. The highest BCUT2D eigenvalue weighted by Gasteiger charge is 2.25. The van der Waals surface area contributed by atoms with Crippen molar-refractivity contribution in [3.63, 3.8) is 0 Å². The largest absolute Gasteiger partial charge is 0.493 e. The second-order valence-electron chi connectivity index (χ2n) is 8.03. The van der Waals surface area contributed by atoms with Crippen LogP contribution in [0.25, 0.3) is 0 Å². The number of carbonyl (C=O) groups excluding carboxylic acids is 2. The molecular weight excluding hydrogens is 328 g/mol. The molecule has 1 N–H and O–H groups in total. The fourth-order valence-electron chi connectivity index (χ4n) is 3.34. The quantitative estimate of drug-likeness (QED) is 0.814. The van der Waals surface area contributed by atoms with Gasteiger partial charge in [0.2, 0.25) is 5.91 Å². The van der Waals surface area contributed by atoms with E-state index in [1.54, 1.807) is 0 Å². The molecular formula is C21H30N2O3. The molecule has 1 aromatic rings. The van der Waals surface area contributed by atoms with Crippen LogP contribution in [0.1, 0.15) is 56.3 Å². The van der Waals surface area contributed by atoms with Crippen molar-refractivity contribution in [2.24, 2.45) is 11.8 Å². The summed E-state index contributed by atoms with van der Waals surface area (Å²) in [5.41, 5.74) is 0.645. The van der Waals surface area contributed by atoms with E-state index >= 15 is 0 Å². The SMILES string of the molecule is CC(C)CC(=O)N1CCC[C@H](COc2cccc(C(=O)NC3CC3)c2)C1. The molecule has 1 aliphatic carbocycles. The Morgan fingerprint density at radius 2 is 2.08 bits per heavy atom. The Labute approximate surface area is 156 Å². The van der Waals surface area contributed by atoms with Crippen LogP contribution in [0.5, 0.6) is 5.75 Å². The van der Waals surface area contributed by atoms with E-state index in [9.17, 15) is 9.59 Å². The molecule has 0 bridgehead atoms. The maximum absolute atomic E-state index is 12.3. The van der Waals surface area contributed by atoms with Crippen molar-refractivity contribution in [1.29, 1.82) is 0 Å². The van der Waals surface area contributed by atoms with Crippen LogP contribution in [0.3, 0.4) is 0 Å². The van der Waals surface area contributed by atoms with Crippen molar-refractivity contribution in [3.8, 4) is 5.75 Å². The number of ether oxygens (including phenoxy) is 1. The van der Waals surface area contributed by atoms with E-state index < -0.39 is 0 Å². The van der Waals surface area contributed by atoms with Crippen molar-refractivity contribution in [3.05, 3.63) is 29.8 Å². The Morgan fingerprint density at radius 1 is 1.27 bits per heavy atom. The van der Waals surface area contributed by atoms with E-state index in [1.165, 1.54) is 0 Å². The van der Waals surface area contributed by atoms with Gasteiger partial charge in [-0.1, -0.05) is 19.9 Å². The lowest BCUT2D eigenvalue weighted by molar-refractivity contribution is -0.134. The van der Waals surface area contributed by atoms with E-state index in [0.717, 1.165) is 44.5 Å². The smallest absolute Gasteiger partial charge is 0.251 e. The van der Waals surface area contributed by atoms with Crippen molar-refractivity contribution < 1.29 is 14.3 Å². The van der Waals surface area contributed by atoms with Crippen LogP contribution in [0.2, 0.25) is 0 Å². The third-order valence-corrected chi connectivity index (χ3v) is 4.95. The monoisotopic (exact) mass is 358 g/mol. The van der Waals surface area contributed by atoms with Gasteiger partial charge in [0.25, 0.3) is 5.91 Å². The van der Waals surface area contributed by atoms with Crippen LogP contribution in [0.4, 0.5) is 0 Å². The number of nitrogens with one attached hydrogen (secondary N) is 1. The first-order valence-corrected chi connectivity index (χ1v) is 9.82. The molecule has 0 aromatic heterocycles. The van der Waals surface area contributed by atoms with Crippen LogP contribution < -0.4 is 10.1 Å². The lowest BCUT2D eigenvalue weighted by Crippen LogP contribution is -2.41. The van der Waals surface area contributed by atoms with Gasteiger partial charge in [-0.25, -0.2) is 0 Å². The summed E-state index contributed by atoms with van der Waals surface area (Å²) in [5, 5.41) is 3.00. The van der Waals surface area contributed by atoms with Gasteiger partial charge in [-0.05, 0) is 49.8 Å². The molecule has 0 unspecified atom stereocenters. The average molecular weight is 358 g/mol. The van der Waals surface area contributed by atoms with Gasteiger partial charge in [0.05, 0.1) is 6.61 Å². The minimum atomic E-state index is -0.0268. The van der Waals surface area contributed by atoms with E-state index in [0.29, 0.717) is 36.5 Å². The topological polar surface area (TPSA) is 58.6 Å². The summed E-state index contributed by atoms with van der Waals surface area (Å²) < 4.78 is 5.95. The predicted molar refractivity (Wildman–Crippen MR) is 101 cm³/mol. The number of rotatable bonds is 7. The van der Waals surface area contributed by atoms with Crippen molar-refractivity contribution in [2.75, 3.05) is 19.7 Å². The summed E-state index contributed by atoms with van der Waals surface area (Å²) in [7, 11) is 0. The lowest BCUT2D eigenvalue weighted by Gasteiger charge is -2.33. The summed E-state index contributed by atoms with van der Waals surface area (Å²) in [6, 6.07) is 7.72. The Balaban J connectivity index is 1.50. The van der Waals surface area contributed by atoms with Gasteiger partial charge in [-0.2, -0.15) is 0 Å². The number of carbonyl (C=O) groups is 2. The van der Waals surface area contributed by atoms with Gasteiger partial charge in [0.15, 0.2) is 0 Å². The minimum absolute atomic E-state index is 0.0268. The molecule has 1 aromatic carbocycles. The van der Waals surface area contributed by atoms with Crippen LogP contribution in [-0.4, -0.2) is 42.5 Å². The standard InChI is InChI=1S/C21H30N2O3/c1-15(2)11-20(24)23-10-4-5-16(13-23)14-26-19-7-3-6-17(12-19)21(25)22-18-8-9-18/h3,6-7,12,15-16,18H,4-5,8-11,13-14H2,1-2H3,(H,22,25)/t16-/m0/s1. The molecule has 1 aliphatic heterocycles. The number of likely N-dealkylation sites (tertiary alicyclic amines) is 1. The molecule has 2 aliphatic rings. The lowest BCUT2D eigenvalue weighted by atomic mass is 9.98. The van der Waals surface area contributed by atoms with Gasteiger partial charge in [0.1, 0.15) is 5.75 Å². The highest BCUT2D eigenvalue weighted by molar-refractivity contribution is 5.94. The summed E-state index contributed by atoms with van der Waals surface area (Å²) in [5.74, 6) is 1.69. The summed E-state index contributed by atoms with van der Waals surface area (Å²) in [6.45, 7) is 6.37. The van der Waals surface area contributed by atoms with E-state index in [4.69, 9.17) is 4.74 Å². The number of amides is 2. The molecule has 1 heterocycles. The third-order valence-electron chi connectivity index (χ3n) is 4.95. The Morgan fingerprint density at radius 3 is 2.81 bits per heavy atom. The second-order valence-corrected chi connectivity index (χ2v) is 8.03. The molecule has 2 amide bonds.